The van der Waals surface area contributed by atoms with Gasteiger partial charge in [-0.25, -0.2) is 0 Å². The summed E-state index contributed by atoms with van der Waals surface area (Å²) in [5.74, 6) is -2.27. The molecule has 0 aliphatic carbocycles. The molecule has 0 saturated heterocycles. The van der Waals surface area contributed by atoms with Gasteiger partial charge in [-0.2, -0.15) is 0 Å². The van der Waals surface area contributed by atoms with Crippen molar-refractivity contribution < 1.29 is 42.9 Å². The van der Waals surface area contributed by atoms with E-state index >= 15 is 0 Å². The van der Waals surface area contributed by atoms with Crippen molar-refractivity contribution in [1.82, 2.24) is 0 Å². The number of carbonyl (C=O) groups excluding carboxylic acids is 3. The average Bonchev–Trinajstić information content (AvgIpc) is 3.44. The molecule has 2 atom stereocenters. The zero-order valence-corrected chi connectivity index (χ0v) is 54.4. The molecule has 0 radical (unpaired) electrons. The third-order valence-corrected chi connectivity index (χ3v) is 15.9. The molecule has 0 aromatic heterocycles. The van der Waals surface area contributed by atoms with Gasteiger partial charge in [-0.05, 0) is 70.6 Å². The Hall–Kier alpha value is -2.49. The lowest BCUT2D eigenvalue weighted by Gasteiger charge is -2.26. The molecule has 0 N–H and O–H groups in total. The first-order chi connectivity index (χ1) is 39.6. The van der Waals surface area contributed by atoms with Gasteiger partial charge in [-0.3, -0.25) is 9.59 Å². The average molecular weight is 1140 g/mol. The standard InChI is InChI=1S/C72H135NO8/c1-6-8-10-12-14-16-18-20-22-24-26-27-28-29-30-31-32-33-34-35-36-37-38-39-40-41-42-43-45-46-48-50-52-54-56-58-60-62-69(74)79-66-68(67-80-72(71(76)77)78-65-64-73(3,4)5)81-70(75)63-61-59-57-55-53-51-49-47-44-25-23-21-19-17-15-13-11-9-7-2/h15,17,21,23-24,26,68,72H,6-14,16,18-20,22,25,27-67H2,1-5H3/b17-15-,23-21-,26-24-. The second-order valence-electron chi connectivity index (χ2n) is 25.2. The first kappa shape index (κ1) is 78.5. The Morgan fingerprint density at radius 2 is 0.667 bits per heavy atom. The summed E-state index contributed by atoms with van der Waals surface area (Å²) in [5, 5.41) is 11.8. The van der Waals surface area contributed by atoms with Crippen LogP contribution in [-0.2, 0) is 33.3 Å². The Bertz CT molecular complexity index is 1420. The molecule has 0 fully saturated rings. The predicted molar refractivity (Wildman–Crippen MR) is 343 cm³/mol. The number of aliphatic carboxylic acids is 1. The third kappa shape index (κ3) is 64.9. The number of carboxylic acid groups (broad SMARTS) is 1. The summed E-state index contributed by atoms with van der Waals surface area (Å²) in [6, 6.07) is 0. The Morgan fingerprint density at radius 3 is 1.01 bits per heavy atom. The summed E-state index contributed by atoms with van der Waals surface area (Å²) in [7, 11) is 5.94. The number of esters is 2. The molecule has 9 nitrogen and oxygen atoms in total. The van der Waals surface area contributed by atoms with Crippen LogP contribution in [0.3, 0.4) is 0 Å². The van der Waals surface area contributed by atoms with Crippen LogP contribution in [0, 0.1) is 0 Å². The van der Waals surface area contributed by atoms with E-state index in [1.165, 1.54) is 263 Å². The van der Waals surface area contributed by atoms with E-state index in [0.717, 1.165) is 51.4 Å². The van der Waals surface area contributed by atoms with Crippen molar-refractivity contribution in [2.45, 2.75) is 360 Å². The van der Waals surface area contributed by atoms with Gasteiger partial charge in [-0.1, -0.05) is 301 Å². The monoisotopic (exact) mass is 1140 g/mol. The Kier molecular flexibility index (Phi) is 61.6. The van der Waals surface area contributed by atoms with Crippen molar-refractivity contribution in [2.75, 3.05) is 47.5 Å². The highest BCUT2D eigenvalue weighted by Gasteiger charge is 2.22. The van der Waals surface area contributed by atoms with Crippen LogP contribution < -0.4 is 5.11 Å². The lowest BCUT2D eigenvalue weighted by molar-refractivity contribution is -0.870. The fraction of sp³-hybridized carbons (Fsp3) is 0.875. The van der Waals surface area contributed by atoms with E-state index in [1.54, 1.807) is 0 Å². The largest absolute Gasteiger partial charge is 0.545 e. The van der Waals surface area contributed by atoms with Crippen molar-refractivity contribution in [3.63, 3.8) is 0 Å². The molecule has 0 bridgehead atoms. The van der Waals surface area contributed by atoms with E-state index in [-0.39, 0.29) is 32.2 Å². The molecule has 2 unspecified atom stereocenters. The Balaban J connectivity index is 3.97. The van der Waals surface area contributed by atoms with Crippen molar-refractivity contribution >= 4 is 17.9 Å². The maximum absolute atomic E-state index is 12.9. The number of hydrogen-bond acceptors (Lipinski definition) is 8. The molecule has 0 aromatic carbocycles. The number of quaternary nitrogens is 1. The number of carbonyl (C=O) groups is 3. The van der Waals surface area contributed by atoms with Gasteiger partial charge in [0.2, 0.25) is 0 Å². The first-order valence-electron chi connectivity index (χ1n) is 35.1. The number of unbranched alkanes of at least 4 members (excludes halogenated alkanes) is 45. The second-order valence-corrected chi connectivity index (χ2v) is 25.2. The number of nitrogens with zero attached hydrogens (tertiary/aromatic N) is 1. The summed E-state index contributed by atoms with van der Waals surface area (Å²) in [5.41, 5.74) is 0. The molecular formula is C72H135NO8. The number of rotatable bonds is 66. The number of likely N-dealkylation sites (N-methyl/N-ethyl adjacent to an activating group) is 1. The van der Waals surface area contributed by atoms with Crippen molar-refractivity contribution in [3.05, 3.63) is 36.5 Å². The van der Waals surface area contributed by atoms with Crippen molar-refractivity contribution in [1.29, 1.82) is 0 Å². The molecule has 476 valence electrons. The van der Waals surface area contributed by atoms with E-state index in [9.17, 15) is 19.5 Å². The summed E-state index contributed by atoms with van der Waals surface area (Å²) >= 11 is 0. The van der Waals surface area contributed by atoms with Crippen LogP contribution in [0.25, 0.3) is 0 Å². The molecule has 81 heavy (non-hydrogen) atoms. The molecule has 0 aliphatic heterocycles. The summed E-state index contributed by atoms with van der Waals surface area (Å²) in [6.45, 7) is 4.77. The van der Waals surface area contributed by atoms with Crippen LogP contribution in [-0.4, -0.2) is 82.3 Å². The van der Waals surface area contributed by atoms with E-state index in [2.05, 4.69) is 50.3 Å². The van der Waals surface area contributed by atoms with Crippen LogP contribution in [0.5, 0.6) is 0 Å². The van der Waals surface area contributed by atoms with Crippen molar-refractivity contribution in [2.24, 2.45) is 0 Å². The Labute approximate surface area is 502 Å². The molecule has 0 saturated carbocycles. The van der Waals surface area contributed by atoms with Gasteiger partial charge in [0.25, 0.3) is 0 Å². The van der Waals surface area contributed by atoms with Crippen molar-refractivity contribution in [3.8, 4) is 0 Å². The minimum Gasteiger partial charge on any atom is -0.545 e. The topological polar surface area (TPSA) is 111 Å². The van der Waals surface area contributed by atoms with E-state index in [1.807, 2.05) is 21.1 Å². The lowest BCUT2D eigenvalue weighted by atomic mass is 10.0. The van der Waals surface area contributed by atoms with Gasteiger partial charge >= 0.3 is 11.9 Å². The second kappa shape index (κ2) is 63.5. The summed E-state index contributed by atoms with van der Waals surface area (Å²) in [6.07, 6.45) is 76.7. The minimum atomic E-state index is -1.62. The first-order valence-corrected chi connectivity index (χ1v) is 35.1. The summed E-state index contributed by atoms with van der Waals surface area (Å²) in [4.78, 5) is 37.4. The van der Waals surface area contributed by atoms with Crippen LogP contribution in [0.1, 0.15) is 348 Å². The van der Waals surface area contributed by atoms with E-state index in [0.29, 0.717) is 23.9 Å². The fourth-order valence-corrected chi connectivity index (χ4v) is 10.4. The number of ether oxygens (including phenoxy) is 4. The molecular weight excluding hydrogens is 1010 g/mol. The number of hydrogen-bond donors (Lipinski definition) is 0. The molecule has 0 rings (SSSR count). The highest BCUT2D eigenvalue weighted by atomic mass is 16.7. The quantitative estimate of drug-likeness (QED) is 0.0195. The van der Waals surface area contributed by atoms with Gasteiger partial charge in [0.15, 0.2) is 12.4 Å². The maximum Gasteiger partial charge on any atom is 0.306 e. The fourth-order valence-electron chi connectivity index (χ4n) is 10.4. The SMILES string of the molecule is CCCCC/C=C\C/C=C\CCCCCCCCCCCC(=O)OC(COC(=O)CCCCCCCCCCCCCCCCCCCCCCCCCCC/C=C\CCCCCCCCCC)COC(OCC[N+](C)(C)C)C(=O)[O-]. The van der Waals surface area contributed by atoms with E-state index < -0.39 is 24.3 Å². The molecule has 9 heteroatoms. The Morgan fingerprint density at radius 1 is 0.370 bits per heavy atom. The van der Waals surface area contributed by atoms with E-state index in [4.69, 9.17) is 18.9 Å². The van der Waals surface area contributed by atoms with Crippen LogP contribution >= 0.6 is 0 Å². The van der Waals surface area contributed by atoms with Gasteiger partial charge in [0.05, 0.1) is 40.3 Å². The molecule has 0 aliphatic rings. The predicted octanol–water partition coefficient (Wildman–Crippen LogP) is 20.3. The maximum atomic E-state index is 12.9. The number of carboxylic acids is 1. The summed E-state index contributed by atoms with van der Waals surface area (Å²) < 4.78 is 22.8. The normalized spacial score (nSPS) is 12.9. The van der Waals surface area contributed by atoms with Gasteiger partial charge < -0.3 is 33.3 Å². The van der Waals surface area contributed by atoms with Gasteiger partial charge in [-0.15, -0.1) is 0 Å². The van der Waals surface area contributed by atoms with Crippen LogP contribution in [0.15, 0.2) is 36.5 Å². The zero-order chi connectivity index (χ0) is 59.1. The molecule has 0 aromatic rings. The van der Waals surface area contributed by atoms with Gasteiger partial charge in [0.1, 0.15) is 13.2 Å². The van der Waals surface area contributed by atoms with Gasteiger partial charge in [0, 0.05) is 12.8 Å². The van der Waals surface area contributed by atoms with Crippen LogP contribution in [0.2, 0.25) is 0 Å². The third-order valence-electron chi connectivity index (χ3n) is 15.9. The molecule has 0 amide bonds. The highest BCUT2D eigenvalue weighted by molar-refractivity contribution is 5.70. The van der Waals surface area contributed by atoms with Crippen LogP contribution in [0.4, 0.5) is 0 Å². The minimum absolute atomic E-state index is 0.149. The zero-order valence-electron chi connectivity index (χ0n) is 54.4. The molecule has 0 heterocycles. The smallest absolute Gasteiger partial charge is 0.306 e. The number of allylic oxidation sites excluding steroid dienone is 6. The molecule has 0 spiro atoms. The highest BCUT2D eigenvalue weighted by Crippen LogP contribution is 2.18. The lowest BCUT2D eigenvalue weighted by Crippen LogP contribution is -2.44.